The molecule has 0 radical (unpaired) electrons. The average Bonchev–Trinajstić information content (AvgIpc) is 3.53. The first-order chi connectivity index (χ1) is 25.9. The monoisotopic (exact) mass is 702 g/mol. The molecule has 0 saturated carbocycles. The highest BCUT2D eigenvalue weighted by molar-refractivity contribution is 7.26. The van der Waals surface area contributed by atoms with Gasteiger partial charge in [-0.05, 0) is 142 Å². The largest absolute Gasteiger partial charge is 0.310 e. The van der Waals surface area contributed by atoms with Crippen LogP contribution in [0.3, 0.4) is 0 Å². The summed E-state index contributed by atoms with van der Waals surface area (Å²) in [4.78, 5) is 4.73. The Bertz CT molecular complexity index is 2520. The lowest BCUT2D eigenvalue weighted by Gasteiger charge is -2.26. The zero-order chi connectivity index (χ0) is 36.1. The number of nitrogens with zero attached hydrogens (tertiary/aromatic N) is 2. The van der Waals surface area contributed by atoms with Crippen molar-refractivity contribution in [2.24, 2.45) is 0 Å². The first kappa shape index (κ1) is 33.0. The van der Waals surface area contributed by atoms with E-state index >= 15 is 0 Å². The number of benzene rings is 8. The molecule has 3 heteroatoms. The fourth-order valence-corrected chi connectivity index (χ4v) is 8.75. The van der Waals surface area contributed by atoms with Gasteiger partial charge in [0.15, 0.2) is 0 Å². The Morgan fingerprint density at radius 1 is 0.340 bits per heavy atom. The second kappa shape index (κ2) is 13.6. The van der Waals surface area contributed by atoms with E-state index in [1.54, 1.807) is 0 Å². The molecule has 2 nitrogen and oxygen atoms in total. The number of rotatable bonds is 8. The van der Waals surface area contributed by atoms with Crippen molar-refractivity contribution in [2.45, 2.75) is 39.5 Å². The van der Waals surface area contributed by atoms with Crippen LogP contribution in [0.25, 0.3) is 41.7 Å². The van der Waals surface area contributed by atoms with E-state index in [0.717, 1.165) is 34.1 Å². The molecule has 0 bridgehead atoms. The van der Waals surface area contributed by atoms with Gasteiger partial charge in [-0.3, -0.25) is 0 Å². The van der Waals surface area contributed by atoms with Crippen molar-refractivity contribution in [1.82, 2.24) is 0 Å². The maximum Gasteiger partial charge on any atom is 0.0468 e. The molecule has 0 saturated heterocycles. The van der Waals surface area contributed by atoms with E-state index in [2.05, 4.69) is 207 Å². The molecule has 0 fully saturated rings. The van der Waals surface area contributed by atoms with Crippen molar-refractivity contribution in [3.63, 3.8) is 0 Å². The first-order valence-corrected chi connectivity index (χ1v) is 19.5. The molecule has 0 N–H and O–H groups in total. The summed E-state index contributed by atoms with van der Waals surface area (Å²) in [7, 11) is 0. The van der Waals surface area contributed by atoms with E-state index in [4.69, 9.17) is 0 Å². The Labute approximate surface area is 316 Å². The summed E-state index contributed by atoms with van der Waals surface area (Å²) in [5, 5.41) is 7.60. The molecule has 1 aromatic heterocycles. The Morgan fingerprint density at radius 2 is 0.698 bits per heavy atom. The molecule has 53 heavy (non-hydrogen) atoms. The summed E-state index contributed by atoms with van der Waals surface area (Å²) < 4.78 is 2.63. The zero-order valence-corrected chi connectivity index (χ0v) is 31.4. The minimum absolute atomic E-state index is 0.492. The van der Waals surface area contributed by atoms with Crippen molar-refractivity contribution in [3.8, 4) is 0 Å². The van der Waals surface area contributed by atoms with E-state index < -0.39 is 0 Å². The zero-order valence-electron chi connectivity index (χ0n) is 30.6. The van der Waals surface area contributed by atoms with Crippen molar-refractivity contribution in [3.05, 3.63) is 181 Å². The van der Waals surface area contributed by atoms with Crippen LogP contribution in [0.1, 0.15) is 50.7 Å². The van der Waals surface area contributed by atoms with Gasteiger partial charge < -0.3 is 9.80 Å². The summed E-state index contributed by atoms with van der Waals surface area (Å²) in [6.45, 7) is 8.98. The molecular formula is C50H42N2S. The second-order valence-corrected chi connectivity index (χ2v) is 15.8. The van der Waals surface area contributed by atoms with Crippen LogP contribution in [-0.4, -0.2) is 0 Å². The number of hydrogen-bond donors (Lipinski definition) is 0. The third-order valence-electron chi connectivity index (χ3n) is 10.5. The van der Waals surface area contributed by atoms with Crippen LogP contribution < -0.4 is 9.80 Å². The number of thiophene rings is 1. The van der Waals surface area contributed by atoms with Crippen molar-refractivity contribution in [1.29, 1.82) is 0 Å². The smallest absolute Gasteiger partial charge is 0.0468 e. The van der Waals surface area contributed by atoms with Gasteiger partial charge in [-0.25, -0.2) is 0 Å². The van der Waals surface area contributed by atoms with E-state index in [0.29, 0.717) is 11.8 Å². The minimum atomic E-state index is 0.492. The minimum Gasteiger partial charge on any atom is -0.310 e. The van der Waals surface area contributed by atoms with Crippen LogP contribution in [0.2, 0.25) is 0 Å². The van der Waals surface area contributed by atoms with E-state index in [1.807, 2.05) is 11.3 Å². The topological polar surface area (TPSA) is 6.48 Å². The first-order valence-electron chi connectivity index (χ1n) is 18.6. The lowest BCUT2D eigenvalue weighted by molar-refractivity contribution is 0.866. The van der Waals surface area contributed by atoms with Gasteiger partial charge in [-0.15, -0.1) is 11.3 Å². The van der Waals surface area contributed by atoms with Crippen molar-refractivity contribution >= 4 is 87.2 Å². The van der Waals surface area contributed by atoms with Gasteiger partial charge >= 0.3 is 0 Å². The predicted octanol–water partition coefficient (Wildman–Crippen LogP) is 15.5. The summed E-state index contributed by atoms with van der Waals surface area (Å²) >= 11 is 1.89. The number of anilines is 6. The molecule has 0 aliphatic carbocycles. The molecular weight excluding hydrogens is 661 g/mol. The van der Waals surface area contributed by atoms with Gasteiger partial charge in [0.2, 0.25) is 0 Å². The molecule has 9 rings (SSSR count). The van der Waals surface area contributed by atoms with Crippen LogP contribution in [0.5, 0.6) is 0 Å². The summed E-state index contributed by atoms with van der Waals surface area (Å²) in [6.07, 6.45) is 0. The fourth-order valence-electron chi connectivity index (χ4n) is 7.58. The lowest BCUT2D eigenvalue weighted by atomic mass is 10.0. The number of fused-ring (bicyclic) bond motifs is 5. The maximum atomic E-state index is 2.40. The molecule has 0 aliphatic heterocycles. The molecule has 0 spiro atoms. The van der Waals surface area contributed by atoms with Crippen LogP contribution in [0, 0.1) is 0 Å². The van der Waals surface area contributed by atoms with Gasteiger partial charge in [0, 0.05) is 54.3 Å². The van der Waals surface area contributed by atoms with Crippen LogP contribution in [-0.2, 0) is 0 Å². The third-order valence-corrected chi connectivity index (χ3v) is 11.7. The van der Waals surface area contributed by atoms with Crippen LogP contribution in [0.15, 0.2) is 170 Å². The molecule has 0 amide bonds. The normalized spacial score (nSPS) is 11.7. The van der Waals surface area contributed by atoms with Crippen molar-refractivity contribution < 1.29 is 0 Å². The van der Waals surface area contributed by atoms with E-state index in [1.165, 1.54) is 52.8 Å². The van der Waals surface area contributed by atoms with Gasteiger partial charge in [0.1, 0.15) is 0 Å². The summed E-state index contributed by atoms with van der Waals surface area (Å²) in [5.74, 6) is 0.984. The Hall–Kier alpha value is -5.90. The Balaban J connectivity index is 1.16. The Morgan fingerprint density at radius 3 is 1.08 bits per heavy atom. The third kappa shape index (κ3) is 6.22. The highest BCUT2D eigenvalue weighted by atomic mass is 32.1. The van der Waals surface area contributed by atoms with E-state index in [-0.39, 0.29) is 0 Å². The molecule has 0 atom stereocenters. The molecule has 9 aromatic rings. The van der Waals surface area contributed by atoms with Gasteiger partial charge in [0.05, 0.1) is 0 Å². The number of para-hydroxylation sites is 2. The van der Waals surface area contributed by atoms with Gasteiger partial charge in [-0.2, -0.15) is 0 Å². The summed E-state index contributed by atoms with van der Waals surface area (Å²) in [5.41, 5.74) is 9.60. The highest BCUT2D eigenvalue weighted by Gasteiger charge is 2.17. The van der Waals surface area contributed by atoms with Gasteiger partial charge in [-0.1, -0.05) is 100 Å². The quantitative estimate of drug-likeness (QED) is 0.156. The standard InChI is InChI=1S/C50H42N2S/c1-33(2)35-15-21-43(22-16-35)51(41-11-7-5-8-12-41)45-25-19-37-31-49-47(29-39(37)27-45)48-30-40-28-46(26-20-38(40)32-50(48)53-49)52(42-13-9-6-10-14-42)44-23-17-36(18-24-44)34(3)4/h5-34H,1-4H3. The number of hydrogen-bond acceptors (Lipinski definition) is 3. The fraction of sp³-hybridized carbons (Fsp3) is 0.120. The molecule has 0 unspecified atom stereocenters. The van der Waals surface area contributed by atoms with Crippen molar-refractivity contribution in [2.75, 3.05) is 9.80 Å². The SMILES string of the molecule is CC(C)c1ccc(N(c2ccccc2)c2ccc3cc4sc5cc6ccc(N(c7ccccc7)c7ccc(C(C)C)cc7)cc6cc5c4cc3c2)cc1. The van der Waals surface area contributed by atoms with Crippen LogP contribution in [0.4, 0.5) is 34.1 Å². The summed E-state index contributed by atoms with van der Waals surface area (Å²) in [6, 6.07) is 62.8. The van der Waals surface area contributed by atoms with Crippen LogP contribution >= 0.6 is 11.3 Å². The second-order valence-electron chi connectivity index (χ2n) is 14.7. The molecule has 258 valence electrons. The Kier molecular flexibility index (Phi) is 8.45. The highest BCUT2D eigenvalue weighted by Crippen LogP contribution is 2.43. The molecule has 8 aromatic carbocycles. The molecule has 1 heterocycles. The lowest BCUT2D eigenvalue weighted by Crippen LogP contribution is -2.09. The van der Waals surface area contributed by atoms with Gasteiger partial charge in [0.25, 0.3) is 0 Å². The average molecular weight is 703 g/mol. The molecule has 0 aliphatic rings. The van der Waals surface area contributed by atoms with E-state index in [9.17, 15) is 0 Å². The predicted molar refractivity (Wildman–Crippen MR) is 232 cm³/mol. The maximum absolute atomic E-state index is 2.40.